The van der Waals surface area contributed by atoms with Crippen molar-refractivity contribution in [3.8, 4) is 0 Å². The van der Waals surface area contributed by atoms with E-state index in [-0.39, 0.29) is 23.4 Å². The number of hydrogen-bond donors (Lipinski definition) is 1. The Bertz CT molecular complexity index is 855. The van der Waals surface area contributed by atoms with Crippen LogP contribution >= 0.6 is 0 Å². The number of pyridine rings is 1. The molecule has 0 aliphatic carbocycles. The third kappa shape index (κ3) is 4.45. The quantitative estimate of drug-likeness (QED) is 0.864. The fourth-order valence-corrected chi connectivity index (χ4v) is 3.56. The highest BCUT2D eigenvalue weighted by atomic mass is 19.4. The maximum absolute atomic E-state index is 13.1. The number of piperidine rings is 1. The lowest BCUT2D eigenvalue weighted by atomic mass is 9.95. The number of likely N-dealkylation sites (tertiary alicyclic amines) is 1. The molecule has 2 aromatic rings. The Labute approximate surface area is 162 Å². The maximum Gasteiger partial charge on any atom is 0.417 e. The van der Waals surface area contributed by atoms with Gasteiger partial charge in [0.25, 0.3) is 0 Å². The Kier molecular flexibility index (Phi) is 5.40. The Balaban J connectivity index is 1.81. The van der Waals surface area contributed by atoms with Gasteiger partial charge in [0.2, 0.25) is 5.91 Å². The first-order valence-corrected chi connectivity index (χ1v) is 9.43. The third-order valence-electron chi connectivity index (χ3n) is 5.00. The van der Waals surface area contributed by atoms with E-state index in [0.29, 0.717) is 18.0 Å². The monoisotopic (exact) mass is 397 g/mol. The molecule has 1 fully saturated rings. The average Bonchev–Trinajstić information content (AvgIpc) is 3.02. The number of amides is 1. The fraction of sp³-hybridized carbons (Fsp3) is 0.632. The Morgan fingerprint density at radius 3 is 2.61 bits per heavy atom. The molecule has 1 aliphatic heterocycles. The Hall–Kier alpha value is -2.16. The van der Waals surface area contributed by atoms with Gasteiger partial charge in [0.1, 0.15) is 5.82 Å². The van der Waals surface area contributed by atoms with Crippen LogP contribution in [-0.2, 0) is 11.0 Å². The third-order valence-corrected chi connectivity index (χ3v) is 5.00. The molecule has 1 amide bonds. The van der Waals surface area contributed by atoms with E-state index < -0.39 is 11.7 Å². The SMILES string of the molecule is CC(C(=O)NC(C)(C)C)N1CCCC(c2nnc3ccc(C(F)(F)F)cn23)C1. The average molecular weight is 397 g/mol. The van der Waals surface area contributed by atoms with Crippen LogP contribution in [0.25, 0.3) is 5.65 Å². The molecule has 3 rings (SSSR count). The zero-order chi connectivity index (χ0) is 20.7. The van der Waals surface area contributed by atoms with Crippen LogP contribution in [0.3, 0.4) is 0 Å². The predicted octanol–water partition coefficient (Wildman–Crippen LogP) is 3.23. The van der Waals surface area contributed by atoms with Crippen molar-refractivity contribution >= 4 is 11.6 Å². The lowest BCUT2D eigenvalue weighted by Crippen LogP contribution is -2.53. The van der Waals surface area contributed by atoms with E-state index in [1.54, 1.807) is 0 Å². The molecule has 2 aromatic heterocycles. The van der Waals surface area contributed by atoms with Crippen LogP contribution in [-0.4, -0.2) is 50.1 Å². The second-order valence-electron chi connectivity index (χ2n) is 8.45. The van der Waals surface area contributed by atoms with E-state index in [1.807, 2.05) is 27.7 Å². The van der Waals surface area contributed by atoms with Gasteiger partial charge in [-0.2, -0.15) is 13.2 Å². The Morgan fingerprint density at radius 1 is 1.25 bits per heavy atom. The van der Waals surface area contributed by atoms with E-state index in [2.05, 4.69) is 20.4 Å². The van der Waals surface area contributed by atoms with Crippen molar-refractivity contribution in [3.05, 3.63) is 29.7 Å². The molecule has 2 unspecified atom stereocenters. The number of carbonyl (C=O) groups excluding carboxylic acids is 1. The number of alkyl halides is 3. The molecule has 0 bridgehead atoms. The van der Waals surface area contributed by atoms with E-state index in [9.17, 15) is 18.0 Å². The number of nitrogens with zero attached hydrogens (tertiary/aromatic N) is 4. The summed E-state index contributed by atoms with van der Waals surface area (Å²) in [6.45, 7) is 8.95. The highest BCUT2D eigenvalue weighted by molar-refractivity contribution is 5.82. The van der Waals surface area contributed by atoms with E-state index in [1.165, 1.54) is 10.5 Å². The number of carbonyl (C=O) groups is 1. The summed E-state index contributed by atoms with van der Waals surface area (Å²) in [6, 6.07) is 2.02. The van der Waals surface area contributed by atoms with Crippen molar-refractivity contribution in [2.75, 3.05) is 13.1 Å². The second kappa shape index (κ2) is 7.35. The molecule has 1 saturated heterocycles. The zero-order valence-electron chi connectivity index (χ0n) is 16.5. The first-order valence-electron chi connectivity index (χ1n) is 9.43. The number of nitrogens with one attached hydrogen (secondary N) is 1. The van der Waals surface area contributed by atoms with Crippen molar-refractivity contribution in [3.63, 3.8) is 0 Å². The van der Waals surface area contributed by atoms with Gasteiger partial charge in [0.05, 0.1) is 11.6 Å². The Morgan fingerprint density at radius 2 is 1.96 bits per heavy atom. The smallest absolute Gasteiger partial charge is 0.350 e. The van der Waals surface area contributed by atoms with Gasteiger partial charge in [-0.1, -0.05) is 0 Å². The number of rotatable bonds is 3. The standard InChI is InChI=1S/C19H26F3N5O/c1-12(17(28)23-18(2,3)4)26-9-5-6-13(10-26)16-25-24-15-8-7-14(11-27(15)16)19(20,21)22/h7-8,11-13H,5-6,9-10H2,1-4H3,(H,23,28). The molecule has 3 heterocycles. The van der Waals surface area contributed by atoms with Gasteiger partial charge in [-0.05, 0) is 59.2 Å². The lowest BCUT2D eigenvalue weighted by molar-refractivity contribution is -0.138. The van der Waals surface area contributed by atoms with Gasteiger partial charge in [0, 0.05) is 24.2 Å². The van der Waals surface area contributed by atoms with Gasteiger partial charge in [-0.15, -0.1) is 10.2 Å². The number of fused-ring (bicyclic) bond motifs is 1. The van der Waals surface area contributed by atoms with Crippen molar-refractivity contribution in [2.45, 2.75) is 64.2 Å². The van der Waals surface area contributed by atoms with Crippen molar-refractivity contribution in [2.24, 2.45) is 0 Å². The molecule has 0 radical (unpaired) electrons. The molecular formula is C19H26F3N5O. The molecule has 154 valence electrons. The van der Waals surface area contributed by atoms with Crippen LogP contribution in [0.4, 0.5) is 13.2 Å². The number of aromatic nitrogens is 3. The molecule has 28 heavy (non-hydrogen) atoms. The summed E-state index contributed by atoms with van der Waals surface area (Å²) in [7, 11) is 0. The molecule has 6 nitrogen and oxygen atoms in total. The summed E-state index contributed by atoms with van der Waals surface area (Å²) < 4.78 is 40.7. The number of hydrogen-bond acceptors (Lipinski definition) is 4. The summed E-state index contributed by atoms with van der Waals surface area (Å²) in [6.07, 6.45) is -1.74. The van der Waals surface area contributed by atoms with Crippen LogP contribution in [0.2, 0.25) is 0 Å². The molecule has 2 atom stereocenters. The normalized spacial score (nSPS) is 20.3. The van der Waals surface area contributed by atoms with Gasteiger partial charge in [0.15, 0.2) is 5.65 Å². The molecule has 9 heteroatoms. The summed E-state index contributed by atoms with van der Waals surface area (Å²) in [5.74, 6) is 0.366. The molecule has 0 saturated carbocycles. The molecular weight excluding hydrogens is 371 g/mol. The largest absolute Gasteiger partial charge is 0.417 e. The van der Waals surface area contributed by atoms with Gasteiger partial charge < -0.3 is 5.32 Å². The van der Waals surface area contributed by atoms with Crippen LogP contribution < -0.4 is 5.32 Å². The fourth-order valence-electron chi connectivity index (χ4n) is 3.56. The first-order chi connectivity index (χ1) is 13.0. The van der Waals surface area contributed by atoms with Crippen LogP contribution in [0, 0.1) is 0 Å². The number of halogens is 3. The predicted molar refractivity (Wildman–Crippen MR) is 98.9 cm³/mol. The van der Waals surface area contributed by atoms with E-state index >= 15 is 0 Å². The van der Waals surface area contributed by atoms with Crippen molar-refractivity contribution in [1.82, 2.24) is 24.8 Å². The van der Waals surface area contributed by atoms with Gasteiger partial charge in [-0.3, -0.25) is 14.1 Å². The van der Waals surface area contributed by atoms with Gasteiger partial charge >= 0.3 is 6.18 Å². The molecule has 0 spiro atoms. The zero-order valence-corrected chi connectivity index (χ0v) is 16.5. The summed E-state index contributed by atoms with van der Waals surface area (Å²) in [5, 5.41) is 11.2. The highest BCUT2D eigenvalue weighted by Crippen LogP contribution is 2.31. The lowest BCUT2D eigenvalue weighted by Gasteiger charge is -2.36. The van der Waals surface area contributed by atoms with E-state index in [0.717, 1.165) is 31.6 Å². The van der Waals surface area contributed by atoms with Gasteiger partial charge in [-0.25, -0.2) is 0 Å². The summed E-state index contributed by atoms with van der Waals surface area (Å²) in [4.78, 5) is 14.6. The van der Waals surface area contributed by atoms with Crippen LogP contribution in [0.1, 0.15) is 57.8 Å². The first kappa shape index (κ1) is 20.6. The topological polar surface area (TPSA) is 62.5 Å². The minimum atomic E-state index is -4.42. The minimum absolute atomic E-state index is 0.0568. The van der Waals surface area contributed by atoms with E-state index in [4.69, 9.17) is 0 Å². The molecule has 1 N–H and O–H groups in total. The second-order valence-corrected chi connectivity index (χ2v) is 8.45. The molecule has 1 aliphatic rings. The molecule has 0 aromatic carbocycles. The highest BCUT2D eigenvalue weighted by Gasteiger charge is 2.34. The maximum atomic E-state index is 13.1. The van der Waals surface area contributed by atoms with Crippen LogP contribution in [0.5, 0.6) is 0 Å². The summed E-state index contributed by atoms with van der Waals surface area (Å²) in [5.41, 5.74) is -0.664. The van der Waals surface area contributed by atoms with Crippen molar-refractivity contribution < 1.29 is 18.0 Å². The van der Waals surface area contributed by atoms with Crippen molar-refractivity contribution in [1.29, 1.82) is 0 Å². The minimum Gasteiger partial charge on any atom is -0.350 e. The summed E-state index contributed by atoms with van der Waals surface area (Å²) >= 11 is 0. The van der Waals surface area contributed by atoms with Crippen LogP contribution in [0.15, 0.2) is 18.3 Å².